The van der Waals surface area contributed by atoms with Crippen LogP contribution in [-0.4, -0.2) is 148 Å². The number of imide groups is 1. The fraction of sp³-hybridized carbons (Fsp3) is 0.419. The molecule has 1 aliphatic carbocycles. The van der Waals surface area contributed by atoms with Crippen LogP contribution in [0.4, 0.5) is 24.5 Å². The number of carbonyl (C=O) groups excluding carboxylic acids is 4. The van der Waals surface area contributed by atoms with E-state index in [4.69, 9.17) is 11.6 Å². The Labute approximate surface area is 503 Å². The van der Waals surface area contributed by atoms with Gasteiger partial charge < -0.3 is 15.1 Å². The number of thioether (sulfide) groups is 1. The summed E-state index contributed by atoms with van der Waals surface area (Å²) in [7, 11) is -11.1. The van der Waals surface area contributed by atoms with E-state index in [9.17, 15) is 49.2 Å². The number of benzene rings is 5. The van der Waals surface area contributed by atoms with E-state index in [0.29, 0.717) is 41.9 Å². The summed E-state index contributed by atoms with van der Waals surface area (Å²) in [5.74, 6) is -1.77. The van der Waals surface area contributed by atoms with Gasteiger partial charge in [0.25, 0.3) is 31.7 Å². The van der Waals surface area contributed by atoms with Crippen molar-refractivity contribution in [3.63, 3.8) is 0 Å². The van der Waals surface area contributed by atoms with Crippen LogP contribution in [-0.2, 0) is 42.5 Å². The Morgan fingerprint density at radius 3 is 2.25 bits per heavy atom. The molecule has 2 unspecified atom stereocenters. The molecule has 5 heterocycles. The number of amides is 4. The number of hydrogen-bond acceptors (Lipinski definition) is 14. The third-order valence-electron chi connectivity index (χ3n) is 17.5. The van der Waals surface area contributed by atoms with Gasteiger partial charge in [0.1, 0.15) is 10.9 Å². The van der Waals surface area contributed by atoms with Gasteiger partial charge in [-0.3, -0.25) is 39.2 Å². The summed E-state index contributed by atoms with van der Waals surface area (Å²) >= 11 is 7.65. The third kappa shape index (κ3) is 13.5. The number of rotatable bonds is 19. The summed E-state index contributed by atoms with van der Waals surface area (Å²) < 4.78 is 100. The summed E-state index contributed by atoms with van der Waals surface area (Å²) in [4.78, 5) is 60.9. The number of sulfone groups is 1. The minimum absolute atomic E-state index is 0.0222. The lowest BCUT2D eigenvalue weighted by Crippen LogP contribution is -2.52. The predicted molar refractivity (Wildman–Crippen MR) is 321 cm³/mol. The molecule has 0 spiro atoms. The number of carbonyl (C=O) groups is 4. The number of piperazine rings is 2. The first-order valence-corrected chi connectivity index (χ1v) is 33.1. The zero-order chi connectivity index (χ0) is 60.0. The molecule has 23 heteroatoms. The van der Waals surface area contributed by atoms with Crippen LogP contribution < -0.4 is 20.3 Å². The summed E-state index contributed by atoms with van der Waals surface area (Å²) in [6.45, 7) is 11.4. The molecular formula is C62H68ClF3N8O8S3. The first-order valence-electron chi connectivity index (χ1n) is 28.7. The first kappa shape index (κ1) is 60.4. The number of fused-ring (bicyclic) bond motifs is 3. The van der Waals surface area contributed by atoms with Crippen LogP contribution in [0.1, 0.15) is 96.2 Å². The number of piperidine rings is 1. The van der Waals surface area contributed by atoms with Gasteiger partial charge in [-0.2, -0.15) is 13.2 Å². The molecule has 16 nitrogen and oxygen atoms in total. The highest BCUT2D eigenvalue weighted by Gasteiger charge is 2.49. The van der Waals surface area contributed by atoms with Gasteiger partial charge in [-0.1, -0.05) is 73.5 Å². The highest BCUT2D eigenvalue weighted by atomic mass is 35.5. The Balaban J connectivity index is 0.726. The Hall–Kier alpha value is -6.27. The number of alkyl halides is 3. The molecule has 5 aromatic rings. The van der Waals surface area contributed by atoms with Crippen molar-refractivity contribution in [2.24, 2.45) is 5.41 Å². The van der Waals surface area contributed by atoms with Gasteiger partial charge >= 0.3 is 5.51 Å². The zero-order valence-corrected chi connectivity index (χ0v) is 50.5. The van der Waals surface area contributed by atoms with Crippen LogP contribution >= 0.6 is 23.4 Å². The van der Waals surface area contributed by atoms with Crippen molar-refractivity contribution < 1.29 is 49.2 Å². The van der Waals surface area contributed by atoms with Crippen LogP contribution in [0.25, 0.3) is 5.57 Å². The highest BCUT2D eigenvalue weighted by Crippen LogP contribution is 2.44. The highest BCUT2D eigenvalue weighted by molar-refractivity contribution is 7.99. The number of likely N-dealkylation sites (tertiary alicyclic amines) is 2. The van der Waals surface area contributed by atoms with Gasteiger partial charge in [0.2, 0.25) is 11.8 Å². The minimum Gasteiger partial charge on any atom is -0.380 e. The predicted octanol–water partition coefficient (Wildman–Crippen LogP) is 9.22. The van der Waals surface area contributed by atoms with Crippen molar-refractivity contribution >= 4 is 83.8 Å². The Bertz CT molecular complexity index is 3640. The molecule has 5 aromatic carbocycles. The van der Waals surface area contributed by atoms with E-state index in [2.05, 4.69) is 56.2 Å². The van der Waals surface area contributed by atoms with Gasteiger partial charge in [-0.05, 0) is 139 Å². The van der Waals surface area contributed by atoms with E-state index >= 15 is 0 Å². The summed E-state index contributed by atoms with van der Waals surface area (Å²) in [6.07, 6.45) is 4.84. The van der Waals surface area contributed by atoms with Crippen molar-refractivity contribution in [2.75, 3.05) is 68.3 Å². The van der Waals surface area contributed by atoms with Gasteiger partial charge in [0.05, 0.1) is 10.6 Å². The smallest absolute Gasteiger partial charge is 0.380 e. The summed E-state index contributed by atoms with van der Waals surface area (Å²) in [5.41, 5.74) is 1.20. The lowest BCUT2D eigenvalue weighted by atomic mass is 9.73. The van der Waals surface area contributed by atoms with Crippen LogP contribution in [0.3, 0.4) is 0 Å². The monoisotopic (exact) mass is 1240 g/mol. The second kappa shape index (κ2) is 24.5. The molecule has 5 aliphatic heterocycles. The fourth-order valence-corrected chi connectivity index (χ4v) is 16.1. The second-order valence-corrected chi connectivity index (χ2v) is 29.0. The van der Waals surface area contributed by atoms with E-state index in [1.54, 1.807) is 18.2 Å². The minimum atomic E-state index is -6.14. The van der Waals surface area contributed by atoms with E-state index in [-0.39, 0.29) is 54.3 Å². The molecule has 11 rings (SSSR count). The number of halogens is 4. The number of allylic oxidation sites excluding steroid dienone is 1. The average molecular weight is 1240 g/mol. The molecule has 450 valence electrons. The normalized spacial score (nSPS) is 21.8. The molecule has 0 radical (unpaired) electrons. The maximum absolute atomic E-state index is 14.5. The molecule has 2 bridgehead atoms. The standard InChI is InChI=1S/C62H68ClF3N8O8S3/c1-61(2)24-22-52(41-9-13-45(63)14-10-41)44(33-61)35-70-26-28-71(29-27-70)47-15-11-42(12-16-47)58(76)69-85(81,82)51-17-19-54(56(32-51)84(79,80)62(64,65)66)67-46(39-83-50-6-4-3-5-7-50)23-25-72-37-49-31-48(72)38-73(49)34-40-8-18-53-43(30-40)36-74(60(53)78)55-20-21-57(75)68-59(55)77/h3-19,30,32,46,48-49,55,67H,20-29,31,33-39H2,1-2H3,(H,69,76)(H,68,75,77)/t46?,48-,49-,55?/m1/s1. The van der Waals surface area contributed by atoms with E-state index < -0.39 is 64.7 Å². The topological polar surface area (TPSA) is 189 Å². The van der Waals surface area contributed by atoms with Crippen molar-refractivity contribution in [3.05, 3.63) is 154 Å². The summed E-state index contributed by atoms with van der Waals surface area (Å²) in [6, 6.07) is 31.1. The largest absolute Gasteiger partial charge is 0.501 e. The molecule has 85 heavy (non-hydrogen) atoms. The molecule has 0 saturated carbocycles. The number of anilines is 2. The van der Waals surface area contributed by atoms with Crippen molar-refractivity contribution in [1.29, 1.82) is 0 Å². The number of sulfonamides is 1. The molecule has 4 saturated heterocycles. The Kier molecular flexibility index (Phi) is 17.4. The van der Waals surface area contributed by atoms with E-state index in [1.165, 1.54) is 45.5 Å². The van der Waals surface area contributed by atoms with E-state index in [1.807, 2.05) is 59.3 Å². The molecule has 4 atom stereocenters. The zero-order valence-electron chi connectivity index (χ0n) is 47.2. The Morgan fingerprint density at radius 1 is 0.835 bits per heavy atom. The molecule has 3 N–H and O–H groups in total. The SMILES string of the molecule is CC1(C)CCC(c2ccc(Cl)cc2)=C(CN2CCN(c3ccc(C(=O)NS(=O)(=O)c4ccc(NC(CCN5C[C@H]6C[C@@H]5CN6Cc5ccc6c(c5)CN(C5CCC(=O)NC5=O)C6=O)CSc5ccccc5)c(S(=O)(=O)C(F)(F)F)c4)cc3)CC2)C1. The van der Waals surface area contributed by atoms with Crippen LogP contribution in [0.15, 0.2) is 136 Å². The van der Waals surface area contributed by atoms with Crippen molar-refractivity contribution in [1.82, 2.24) is 29.6 Å². The summed E-state index contributed by atoms with van der Waals surface area (Å²) in [5, 5.41) is 6.11. The maximum atomic E-state index is 14.5. The van der Waals surface area contributed by atoms with Gasteiger partial charge in [0.15, 0.2) is 0 Å². The van der Waals surface area contributed by atoms with Crippen molar-refractivity contribution in [2.45, 2.75) is 116 Å². The van der Waals surface area contributed by atoms with Gasteiger partial charge in [-0.25, -0.2) is 21.6 Å². The fourth-order valence-electron chi connectivity index (χ4n) is 12.9. The molecule has 4 amide bonds. The average Bonchev–Trinajstić information content (AvgIpc) is 2.61. The first-order chi connectivity index (χ1) is 40.5. The van der Waals surface area contributed by atoms with Gasteiger partial charge in [-0.15, -0.1) is 11.8 Å². The lowest BCUT2D eigenvalue weighted by molar-refractivity contribution is -0.136. The van der Waals surface area contributed by atoms with Crippen LogP contribution in [0, 0.1) is 5.41 Å². The molecule has 0 aromatic heterocycles. The molecular weight excluding hydrogens is 1170 g/mol. The van der Waals surface area contributed by atoms with Crippen LogP contribution in [0.5, 0.6) is 0 Å². The van der Waals surface area contributed by atoms with Crippen LogP contribution in [0.2, 0.25) is 5.02 Å². The van der Waals surface area contributed by atoms with Gasteiger partial charge in [0, 0.05) is 122 Å². The molecule has 4 fully saturated rings. The number of hydrogen-bond donors (Lipinski definition) is 3. The number of nitrogens with one attached hydrogen (secondary N) is 3. The second-order valence-electron chi connectivity index (χ2n) is 23.9. The quantitative estimate of drug-likeness (QED) is 0.0524. The van der Waals surface area contributed by atoms with Crippen molar-refractivity contribution in [3.8, 4) is 0 Å². The molecule has 6 aliphatic rings. The van der Waals surface area contributed by atoms with E-state index in [0.717, 1.165) is 105 Å². The Morgan fingerprint density at radius 2 is 1.55 bits per heavy atom. The lowest BCUT2D eigenvalue weighted by Gasteiger charge is -2.39. The number of nitrogens with zero attached hydrogens (tertiary/aromatic N) is 5. The maximum Gasteiger partial charge on any atom is 0.501 e. The third-order valence-corrected chi connectivity index (χ3v) is 21.8.